The van der Waals surface area contributed by atoms with Crippen LogP contribution in [0.1, 0.15) is 40.7 Å². The SMILES string of the molecule is C=CC(=O)NC1CCCCN(S(=O)(=O)c2ccc(C(=O)NCCc3ccccc3)c(C)c2)C1. The fourth-order valence-corrected chi connectivity index (χ4v) is 5.57. The predicted octanol–water partition coefficient (Wildman–Crippen LogP) is 2.81. The Kier molecular flexibility index (Phi) is 8.41. The van der Waals surface area contributed by atoms with E-state index in [9.17, 15) is 18.0 Å². The number of amides is 2. The lowest BCUT2D eigenvalue weighted by Crippen LogP contribution is -2.44. The number of carbonyl (C=O) groups excluding carboxylic acids is 2. The van der Waals surface area contributed by atoms with Gasteiger partial charge in [0.05, 0.1) is 4.90 Å². The molecule has 0 radical (unpaired) electrons. The summed E-state index contributed by atoms with van der Waals surface area (Å²) >= 11 is 0. The third kappa shape index (κ3) is 6.52. The highest BCUT2D eigenvalue weighted by atomic mass is 32.2. The average Bonchev–Trinajstić information content (AvgIpc) is 3.05. The number of hydrogen-bond acceptors (Lipinski definition) is 4. The molecule has 0 spiro atoms. The molecule has 0 bridgehead atoms. The van der Waals surface area contributed by atoms with Crippen molar-refractivity contribution in [3.8, 4) is 0 Å². The maximum atomic E-state index is 13.3. The summed E-state index contributed by atoms with van der Waals surface area (Å²) in [5, 5.41) is 5.71. The topological polar surface area (TPSA) is 95.6 Å². The normalized spacial score (nSPS) is 17.1. The van der Waals surface area contributed by atoms with Gasteiger partial charge in [-0.1, -0.05) is 43.3 Å². The van der Waals surface area contributed by atoms with Gasteiger partial charge >= 0.3 is 0 Å². The molecule has 1 saturated heterocycles. The van der Waals surface area contributed by atoms with Crippen LogP contribution in [0.2, 0.25) is 0 Å². The van der Waals surface area contributed by atoms with Crippen LogP contribution in [0.25, 0.3) is 0 Å². The molecule has 1 heterocycles. The summed E-state index contributed by atoms with van der Waals surface area (Å²) in [6, 6.07) is 14.2. The van der Waals surface area contributed by atoms with Gasteiger partial charge < -0.3 is 10.6 Å². The van der Waals surface area contributed by atoms with E-state index in [1.54, 1.807) is 19.1 Å². The van der Waals surface area contributed by atoms with Crippen LogP contribution in [0, 0.1) is 6.92 Å². The maximum absolute atomic E-state index is 13.3. The highest BCUT2D eigenvalue weighted by Gasteiger charge is 2.30. The van der Waals surface area contributed by atoms with Gasteiger partial charge in [-0.15, -0.1) is 0 Å². The lowest BCUT2D eigenvalue weighted by atomic mass is 10.1. The van der Waals surface area contributed by atoms with Crippen molar-refractivity contribution in [3.05, 3.63) is 77.9 Å². The van der Waals surface area contributed by atoms with Crippen LogP contribution in [-0.4, -0.2) is 50.2 Å². The molecule has 3 rings (SSSR count). The standard InChI is InChI=1S/C25H31N3O4S/c1-3-24(29)27-21-11-7-8-16-28(18-21)33(31,32)22-12-13-23(19(2)17-22)25(30)26-15-14-20-9-5-4-6-10-20/h3-6,9-10,12-13,17,21H,1,7-8,11,14-16,18H2,2H3,(H,26,30)(H,27,29). The minimum atomic E-state index is -3.75. The van der Waals surface area contributed by atoms with E-state index in [4.69, 9.17) is 0 Å². The van der Waals surface area contributed by atoms with Gasteiger partial charge in [0, 0.05) is 31.2 Å². The van der Waals surface area contributed by atoms with Crippen molar-refractivity contribution in [1.29, 1.82) is 0 Å². The highest BCUT2D eigenvalue weighted by Crippen LogP contribution is 2.23. The van der Waals surface area contributed by atoms with Gasteiger partial charge in [-0.3, -0.25) is 9.59 Å². The van der Waals surface area contributed by atoms with Crippen LogP contribution < -0.4 is 10.6 Å². The van der Waals surface area contributed by atoms with Gasteiger partial charge in [0.25, 0.3) is 5.91 Å². The van der Waals surface area contributed by atoms with Gasteiger partial charge in [0.15, 0.2) is 0 Å². The lowest BCUT2D eigenvalue weighted by Gasteiger charge is -2.24. The van der Waals surface area contributed by atoms with Crippen LogP contribution in [-0.2, 0) is 21.2 Å². The Morgan fingerprint density at radius 1 is 1.15 bits per heavy atom. The molecule has 8 heteroatoms. The Morgan fingerprint density at radius 2 is 1.91 bits per heavy atom. The molecule has 2 aromatic carbocycles. The number of benzene rings is 2. The second kappa shape index (κ2) is 11.2. The first-order valence-corrected chi connectivity index (χ1v) is 12.6. The van der Waals surface area contributed by atoms with Crippen molar-refractivity contribution in [2.75, 3.05) is 19.6 Å². The summed E-state index contributed by atoms with van der Waals surface area (Å²) in [5.41, 5.74) is 2.18. The van der Waals surface area contributed by atoms with E-state index in [0.717, 1.165) is 24.8 Å². The van der Waals surface area contributed by atoms with Crippen LogP contribution >= 0.6 is 0 Å². The molecule has 0 aliphatic carbocycles. The summed E-state index contributed by atoms with van der Waals surface area (Å²) in [5.74, 6) is -0.535. The molecule has 1 unspecified atom stereocenters. The Hall–Kier alpha value is -2.97. The molecule has 1 fully saturated rings. The third-order valence-corrected chi connectivity index (χ3v) is 7.65. The molecule has 2 amide bonds. The van der Waals surface area contributed by atoms with E-state index in [0.29, 0.717) is 30.6 Å². The van der Waals surface area contributed by atoms with Gasteiger partial charge in [-0.25, -0.2) is 8.42 Å². The first-order valence-electron chi connectivity index (χ1n) is 11.2. The fraction of sp³-hybridized carbons (Fsp3) is 0.360. The number of aryl methyl sites for hydroxylation is 1. The zero-order valence-electron chi connectivity index (χ0n) is 18.9. The summed E-state index contributed by atoms with van der Waals surface area (Å²) in [6.07, 6.45) is 4.18. The molecule has 1 aliphatic rings. The van der Waals surface area contributed by atoms with Crippen molar-refractivity contribution in [2.24, 2.45) is 0 Å². The second-order valence-corrected chi connectivity index (χ2v) is 10.2. The van der Waals surface area contributed by atoms with E-state index in [-0.39, 0.29) is 29.3 Å². The largest absolute Gasteiger partial charge is 0.352 e. The average molecular weight is 470 g/mol. The van der Waals surface area contributed by atoms with E-state index in [1.165, 1.54) is 16.4 Å². The number of nitrogens with one attached hydrogen (secondary N) is 2. The number of nitrogens with zero attached hydrogens (tertiary/aromatic N) is 1. The first-order chi connectivity index (χ1) is 15.8. The lowest BCUT2D eigenvalue weighted by molar-refractivity contribution is -0.117. The van der Waals surface area contributed by atoms with Crippen molar-refractivity contribution in [1.82, 2.24) is 14.9 Å². The minimum absolute atomic E-state index is 0.150. The van der Waals surface area contributed by atoms with Crippen molar-refractivity contribution in [2.45, 2.75) is 43.5 Å². The number of carbonyl (C=O) groups is 2. The molecular formula is C25H31N3O4S. The second-order valence-electron chi connectivity index (χ2n) is 8.24. The maximum Gasteiger partial charge on any atom is 0.251 e. The van der Waals surface area contributed by atoms with E-state index in [2.05, 4.69) is 17.2 Å². The summed E-state index contributed by atoms with van der Waals surface area (Å²) in [7, 11) is -3.75. The molecule has 7 nitrogen and oxygen atoms in total. The van der Waals surface area contributed by atoms with Gasteiger partial charge in [0.1, 0.15) is 0 Å². The number of rotatable bonds is 8. The molecule has 1 atom stereocenters. The fourth-order valence-electron chi connectivity index (χ4n) is 3.96. The number of sulfonamides is 1. The summed E-state index contributed by atoms with van der Waals surface area (Å²) in [4.78, 5) is 24.5. The molecule has 2 N–H and O–H groups in total. The molecule has 0 aromatic heterocycles. The zero-order chi connectivity index (χ0) is 23.8. The van der Waals surface area contributed by atoms with E-state index < -0.39 is 10.0 Å². The molecule has 176 valence electrons. The highest BCUT2D eigenvalue weighted by molar-refractivity contribution is 7.89. The van der Waals surface area contributed by atoms with Crippen molar-refractivity contribution >= 4 is 21.8 Å². The Balaban J connectivity index is 1.68. The summed E-state index contributed by atoms with van der Waals surface area (Å²) < 4.78 is 28.0. The Morgan fingerprint density at radius 3 is 2.61 bits per heavy atom. The Labute approximate surface area is 195 Å². The third-order valence-electron chi connectivity index (χ3n) is 5.79. The predicted molar refractivity (Wildman–Crippen MR) is 128 cm³/mol. The van der Waals surface area contributed by atoms with Gasteiger partial charge in [-0.05, 0) is 61.6 Å². The summed E-state index contributed by atoms with van der Waals surface area (Å²) in [6.45, 7) is 6.29. The Bertz CT molecular complexity index is 1100. The smallest absolute Gasteiger partial charge is 0.251 e. The van der Waals surface area contributed by atoms with Crippen molar-refractivity contribution < 1.29 is 18.0 Å². The van der Waals surface area contributed by atoms with Crippen LogP contribution in [0.3, 0.4) is 0 Å². The first kappa shape index (κ1) is 24.7. The monoisotopic (exact) mass is 469 g/mol. The molecule has 33 heavy (non-hydrogen) atoms. The van der Waals surface area contributed by atoms with E-state index >= 15 is 0 Å². The van der Waals surface area contributed by atoms with Gasteiger partial charge in [-0.2, -0.15) is 4.31 Å². The van der Waals surface area contributed by atoms with Crippen LogP contribution in [0.5, 0.6) is 0 Å². The minimum Gasteiger partial charge on any atom is -0.352 e. The molecule has 0 saturated carbocycles. The van der Waals surface area contributed by atoms with Crippen LogP contribution in [0.4, 0.5) is 0 Å². The van der Waals surface area contributed by atoms with Gasteiger partial charge in [0.2, 0.25) is 15.9 Å². The number of hydrogen-bond donors (Lipinski definition) is 2. The van der Waals surface area contributed by atoms with Crippen molar-refractivity contribution in [3.63, 3.8) is 0 Å². The quantitative estimate of drug-likeness (QED) is 0.581. The zero-order valence-corrected chi connectivity index (χ0v) is 19.7. The van der Waals surface area contributed by atoms with Crippen LogP contribution in [0.15, 0.2) is 66.1 Å². The van der Waals surface area contributed by atoms with E-state index in [1.807, 2.05) is 30.3 Å². The molecule has 1 aliphatic heterocycles. The molecule has 2 aromatic rings. The molecular weight excluding hydrogens is 438 g/mol.